The van der Waals surface area contributed by atoms with Crippen molar-refractivity contribution < 1.29 is 0 Å². The molecule has 0 saturated carbocycles. The largest absolute Gasteiger partial charge is 0.330 e. The normalized spacial score (nSPS) is 10.2. The first-order chi connectivity index (χ1) is 9.41. The van der Waals surface area contributed by atoms with Crippen molar-refractivity contribution in [1.29, 1.82) is 0 Å². The van der Waals surface area contributed by atoms with Gasteiger partial charge in [0.05, 0.1) is 0 Å². The number of nitrogens with two attached hydrogens (primary N) is 1. The molecular formula is C18H35N. The summed E-state index contributed by atoms with van der Waals surface area (Å²) >= 11 is 0. The lowest BCUT2D eigenvalue weighted by molar-refractivity contribution is 0.563. The van der Waals surface area contributed by atoms with Crippen LogP contribution in [0.25, 0.3) is 0 Å². The Hall–Kier alpha value is -0.480. The van der Waals surface area contributed by atoms with Crippen LogP contribution >= 0.6 is 0 Å². The Kier molecular flexibility index (Phi) is 17.1. The molecule has 0 aromatic carbocycles. The molecule has 0 rings (SSSR count). The Morgan fingerprint density at radius 3 is 1.47 bits per heavy atom. The van der Waals surface area contributed by atoms with Crippen molar-refractivity contribution in [3.8, 4) is 11.8 Å². The highest BCUT2D eigenvalue weighted by Gasteiger charge is 1.91. The molecular weight excluding hydrogens is 230 g/mol. The lowest BCUT2D eigenvalue weighted by Crippen LogP contribution is -1.97. The van der Waals surface area contributed by atoms with Crippen LogP contribution < -0.4 is 5.73 Å². The summed E-state index contributed by atoms with van der Waals surface area (Å²) in [5.74, 6) is 6.60. The highest BCUT2D eigenvalue weighted by atomic mass is 14.5. The number of rotatable bonds is 13. The zero-order chi connectivity index (χ0) is 14.0. The quantitative estimate of drug-likeness (QED) is 0.349. The molecule has 0 unspecified atom stereocenters. The van der Waals surface area contributed by atoms with Crippen LogP contribution in [-0.4, -0.2) is 6.54 Å². The second kappa shape index (κ2) is 17.5. The van der Waals surface area contributed by atoms with Gasteiger partial charge in [0.15, 0.2) is 0 Å². The Morgan fingerprint density at radius 1 is 0.579 bits per heavy atom. The maximum Gasteiger partial charge on any atom is 0.00886 e. The average Bonchev–Trinajstić information content (AvgIpc) is 2.43. The second-order valence-electron chi connectivity index (χ2n) is 5.53. The lowest BCUT2D eigenvalue weighted by Gasteiger charge is -2.00. The minimum Gasteiger partial charge on any atom is -0.330 e. The molecule has 0 bridgehead atoms. The van der Waals surface area contributed by atoms with Gasteiger partial charge in [-0.2, -0.15) is 0 Å². The molecule has 0 heterocycles. The molecule has 0 aromatic rings. The smallest absolute Gasteiger partial charge is 0.00886 e. The van der Waals surface area contributed by atoms with Crippen LogP contribution in [0, 0.1) is 11.8 Å². The molecule has 0 saturated heterocycles. The Balaban J connectivity index is 3.02. The van der Waals surface area contributed by atoms with Crippen molar-refractivity contribution in [2.24, 2.45) is 5.73 Å². The van der Waals surface area contributed by atoms with E-state index in [0.717, 1.165) is 19.4 Å². The van der Waals surface area contributed by atoms with Crippen LogP contribution in [0.2, 0.25) is 0 Å². The van der Waals surface area contributed by atoms with Crippen molar-refractivity contribution in [1.82, 2.24) is 0 Å². The summed E-state index contributed by atoms with van der Waals surface area (Å²) in [7, 11) is 0. The van der Waals surface area contributed by atoms with Crippen LogP contribution in [0.1, 0.15) is 96.8 Å². The first kappa shape index (κ1) is 18.5. The Bertz CT molecular complexity index is 211. The topological polar surface area (TPSA) is 26.0 Å². The predicted molar refractivity (Wildman–Crippen MR) is 87.1 cm³/mol. The van der Waals surface area contributed by atoms with Gasteiger partial charge < -0.3 is 5.73 Å². The molecule has 0 amide bonds. The Morgan fingerprint density at radius 2 is 1.00 bits per heavy atom. The molecule has 0 aromatic heterocycles. The maximum absolute atomic E-state index is 5.47. The van der Waals surface area contributed by atoms with Gasteiger partial charge >= 0.3 is 0 Å². The summed E-state index contributed by atoms with van der Waals surface area (Å²) in [5.41, 5.74) is 5.47. The van der Waals surface area contributed by atoms with Crippen molar-refractivity contribution in [3.63, 3.8) is 0 Å². The van der Waals surface area contributed by atoms with E-state index in [4.69, 9.17) is 5.73 Å². The Labute approximate surface area is 121 Å². The monoisotopic (exact) mass is 265 g/mol. The molecule has 1 heteroatoms. The fourth-order valence-corrected chi connectivity index (χ4v) is 2.24. The standard InChI is InChI=1S/C18H35N/c1-2-3-4-5-6-7-8-9-10-11-12-13-14-15-16-17-18-19/h2-5,8-19H2,1H3. The van der Waals surface area contributed by atoms with E-state index in [0.29, 0.717) is 0 Å². The van der Waals surface area contributed by atoms with E-state index in [-0.39, 0.29) is 0 Å². The van der Waals surface area contributed by atoms with Gasteiger partial charge in [-0.15, -0.1) is 11.8 Å². The van der Waals surface area contributed by atoms with Crippen LogP contribution in [0.4, 0.5) is 0 Å². The third kappa shape index (κ3) is 17.5. The van der Waals surface area contributed by atoms with E-state index in [2.05, 4.69) is 18.8 Å². The summed E-state index contributed by atoms with van der Waals surface area (Å²) in [6.07, 6.45) is 18.3. The van der Waals surface area contributed by atoms with Crippen molar-refractivity contribution in [2.75, 3.05) is 6.54 Å². The van der Waals surface area contributed by atoms with E-state index in [1.807, 2.05) is 0 Å². The summed E-state index contributed by atoms with van der Waals surface area (Å²) < 4.78 is 0. The van der Waals surface area contributed by atoms with E-state index in [9.17, 15) is 0 Å². The van der Waals surface area contributed by atoms with Crippen LogP contribution in [-0.2, 0) is 0 Å². The zero-order valence-electron chi connectivity index (χ0n) is 13.2. The summed E-state index contributed by atoms with van der Waals surface area (Å²) in [6, 6.07) is 0. The summed E-state index contributed by atoms with van der Waals surface area (Å²) in [5, 5.41) is 0. The van der Waals surface area contributed by atoms with E-state index in [1.165, 1.54) is 77.0 Å². The van der Waals surface area contributed by atoms with Crippen LogP contribution in [0.15, 0.2) is 0 Å². The molecule has 0 radical (unpaired) electrons. The van der Waals surface area contributed by atoms with Gasteiger partial charge in [-0.25, -0.2) is 0 Å². The van der Waals surface area contributed by atoms with Gasteiger partial charge in [-0.05, 0) is 25.8 Å². The first-order valence-corrected chi connectivity index (χ1v) is 8.57. The highest BCUT2D eigenvalue weighted by molar-refractivity contribution is 4.98. The molecule has 0 aliphatic carbocycles. The molecule has 1 nitrogen and oxygen atoms in total. The zero-order valence-corrected chi connectivity index (χ0v) is 13.2. The van der Waals surface area contributed by atoms with Gasteiger partial charge in [0.25, 0.3) is 0 Å². The minimum absolute atomic E-state index is 0.861. The number of hydrogen-bond acceptors (Lipinski definition) is 1. The second-order valence-corrected chi connectivity index (χ2v) is 5.53. The summed E-state index contributed by atoms with van der Waals surface area (Å²) in [4.78, 5) is 0. The van der Waals surface area contributed by atoms with E-state index >= 15 is 0 Å². The molecule has 0 fully saturated rings. The summed E-state index contributed by atoms with van der Waals surface area (Å²) in [6.45, 7) is 3.10. The first-order valence-electron chi connectivity index (χ1n) is 8.57. The van der Waals surface area contributed by atoms with Gasteiger partial charge in [0, 0.05) is 12.8 Å². The van der Waals surface area contributed by atoms with Gasteiger partial charge in [-0.3, -0.25) is 0 Å². The van der Waals surface area contributed by atoms with Crippen LogP contribution in [0.5, 0.6) is 0 Å². The molecule has 112 valence electrons. The highest BCUT2D eigenvalue weighted by Crippen LogP contribution is 2.10. The van der Waals surface area contributed by atoms with Crippen LogP contribution in [0.3, 0.4) is 0 Å². The molecule has 19 heavy (non-hydrogen) atoms. The average molecular weight is 265 g/mol. The van der Waals surface area contributed by atoms with E-state index < -0.39 is 0 Å². The lowest BCUT2D eigenvalue weighted by atomic mass is 10.1. The predicted octanol–water partition coefficient (Wildman–Crippen LogP) is 5.43. The fraction of sp³-hybridized carbons (Fsp3) is 0.889. The number of unbranched alkanes of at least 4 members (excludes halogenated alkanes) is 12. The third-order valence-corrected chi connectivity index (χ3v) is 3.54. The molecule has 0 aliphatic rings. The van der Waals surface area contributed by atoms with E-state index in [1.54, 1.807) is 0 Å². The van der Waals surface area contributed by atoms with Gasteiger partial charge in [0.2, 0.25) is 0 Å². The molecule has 0 atom stereocenters. The molecule has 2 N–H and O–H groups in total. The minimum atomic E-state index is 0.861. The third-order valence-electron chi connectivity index (χ3n) is 3.54. The van der Waals surface area contributed by atoms with Gasteiger partial charge in [-0.1, -0.05) is 64.7 Å². The molecule has 0 spiro atoms. The maximum atomic E-state index is 5.47. The van der Waals surface area contributed by atoms with Crippen molar-refractivity contribution in [3.05, 3.63) is 0 Å². The van der Waals surface area contributed by atoms with Gasteiger partial charge in [0.1, 0.15) is 0 Å². The van der Waals surface area contributed by atoms with Crippen molar-refractivity contribution in [2.45, 2.75) is 96.8 Å². The SMILES string of the molecule is CCCCCC#CCCCCCCCCCCCN. The number of hydrogen-bond donors (Lipinski definition) is 1. The van der Waals surface area contributed by atoms with Crippen molar-refractivity contribution >= 4 is 0 Å². The fourth-order valence-electron chi connectivity index (χ4n) is 2.24. The molecule has 0 aliphatic heterocycles.